The zero-order valence-electron chi connectivity index (χ0n) is 11.1. The van der Waals surface area contributed by atoms with Crippen molar-refractivity contribution in [2.24, 2.45) is 5.41 Å². The van der Waals surface area contributed by atoms with Gasteiger partial charge in [-0.1, -0.05) is 26.0 Å². The molecule has 0 aliphatic heterocycles. The average Bonchev–Trinajstić information content (AvgIpc) is 2.13. The van der Waals surface area contributed by atoms with Crippen LogP contribution in [0.5, 0.6) is 5.75 Å². The molecule has 1 aromatic rings. The van der Waals surface area contributed by atoms with Gasteiger partial charge >= 0.3 is 0 Å². The summed E-state index contributed by atoms with van der Waals surface area (Å²) in [5, 5.41) is 0. The van der Waals surface area contributed by atoms with Crippen molar-refractivity contribution in [1.82, 2.24) is 4.90 Å². The minimum absolute atomic E-state index is 0.174. The Labute approximate surface area is 99.2 Å². The van der Waals surface area contributed by atoms with Crippen LogP contribution in [0.4, 0.5) is 0 Å². The summed E-state index contributed by atoms with van der Waals surface area (Å²) in [5.41, 5.74) is 1.41. The van der Waals surface area contributed by atoms with Gasteiger partial charge < -0.3 is 9.64 Å². The molecule has 0 saturated heterocycles. The molecule has 0 aliphatic rings. The molecule has 0 bridgehead atoms. The van der Waals surface area contributed by atoms with E-state index in [1.807, 2.05) is 12.1 Å². The molecular weight excluding hydrogens is 198 g/mol. The Kier molecular flexibility index (Phi) is 4.36. The second kappa shape index (κ2) is 5.35. The molecule has 0 fully saturated rings. The molecule has 1 aromatic carbocycles. The topological polar surface area (TPSA) is 12.5 Å². The van der Waals surface area contributed by atoms with Gasteiger partial charge in [0.1, 0.15) is 5.75 Å². The summed E-state index contributed by atoms with van der Waals surface area (Å²) < 4.78 is 5.83. The van der Waals surface area contributed by atoms with Gasteiger partial charge in [-0.3, -0.25) is 0 Å². The molecule has 0 spiro atoms. The number of aryl methyl sites for hydroxylation is 1. The second-order valence-corrected chi connectivity index (χ2v) is 5.51. The smallest absolute Gasteiger partial charge is 0.119 e. The molecule has 16 heavy (non-hydrogen) atoms. The summed E-state index contributed by atoms with van der Waals surface area (Å²) in [7, 11) is 4.18. The highest BCUT2D eigenvalue weighted by Crippen LogP contribution is 2.19. The van der Waals surface area contributed by atoms with Gasteiger partial charge in [0.05, 0.1) is 6.61 Å². The van der Waals surface area contributed by atoms with E-state index in [4.69, 9.17) is 4.74 Å². The third kappa shape index (κ3) is 4.67. The summed E-state index contributed by atoms with van der Waals surface area (Å²) in [4.78, 5) is 2.19. The molecule has 0 heterocycles. The Hall–Kier alpha value is -1.02. The molecule has 1 rings (SSSR count). The van der Waals surface area contributed by atoms with Gasteiger partial charge in [0.2, 0.25) is 0 Å². The molecule has 2 nitrogen and oxygen atoms in total. The largest absolute Gasteiger partial charge is 0.493 e. The number of hydrogen-bond acceptors (Lipinski definition) is 2. The van der Waals surface area contributed by atoms with Crippen LogP contribution in [-0.4, -0.2) is 32.1 Å². The van der Waals surface area contributed by atoms with E-state index in [-0.39, 0.29) is 5.41 Å². The second-order valence-electron chi connectivity index (χ2n) is 5.51. The monoisotopic (exact) mass is 221 g/mol. The van der Waals surface area contributed by atoms with Gasteiger partial charge in [0, 0.05) is 12.0 Å². The van der Waals surface area contributed by atoms with E-state index in [1.165, 1.54) is 5.56 Å². The molecule has 0 amide bonds. The first-order valence-corrected chi connectivity index (χ1v) is 5.73. The zero-order valence-corrected chi connectivity index (χ0v) is 11.1. The summed E-state index contributed by atoms with van der Waals surface area (Å²) in [6.45, 7) is 8.30. The van der Waals surface area contributed by atoms with Crippen LogP contribution in [0, 0.1) is 12.3 Å². The van der Waals surface area contributed by atoms with E-state index < -0.39 is 0 Å². The predicted octanol–water partition coefficient (Wildman–Crippen LogP) is 2.96. The normalized spacial score (nSPS) is 11.9. The standard InChI is InChI=1S/C14H23NO/c1-12-7-6-8-13(9-12)16-11-14(2,3)10-15(4)5/h6-9H,10-11H2,1-5H3. The molecule has 0 atom stereocenters. The number of benzene rings is 1. The average molecular weight is 221 g/mol. The fourth-order valence-corrected chi connectivity index (χ4v) is 1.89. The summed E-state index contributed by atoms with van der Waals surface area (Å²) in [6, 6.07) is 8.20. The number of hydrogen-bond donors (Lipinski definition) is 0. The molecule has 0 aliphatic carbocycles. The first kappa shape index (κ1) is 13.0. The number of nitrogens with zero attached hydrogens (tertiary/aromatic N) is 1. The summed E-state index contributed by atoms with van der Waals surface area (Å²) in [6.07, 6.45) is 0. The maximum atomic E-state index is 5.83. The zero-order chi connectivity index (χ0) is 12.2. The fourth-order valence-electron chi connectivity index (χ4n) is 1.89. The minimum Gasteiger partial charge on any atom is -0.493 e. The van der Waals surface area contributed by atoms with Crippen LogP contribution in [0.25, 0.3) is 0 Å². The van der Waals surface area contributed by atoms with Crippen LogP contribution >= 0.6 is 0 Å². The van der Waals surface area contributed by atoms with Gasteiger partial charge in [-0.2, -0.15) is 0 Å². The van der Waals surface area contributed by atoms with E-state index in [1.54, 1.807) is 0 Å². The predicted molar refractivity (Wildman–Crippen MR) is 69.0 cm³/mol. The maximum Gasteiger partial charge on any atom is 0.119 e. The van der Waals surface area contributed by atoms with Gasteiger partial charge in [-0.15, -0.1) is 0 Å². The Morgan fingerprint density at radius 1 is 1.25 bits per heavy atom. The molecule has 0 unspecified atom stereocenters. The lowest BCUT2D eigenvalue weighted by Crippen LogP contribution is -2.33. The molecular formula is C14H23NO. The van der Waals surface area contributed by atoms with E-state index in [2.05, 4.69) is 51.9 Å². The lowest BCUT2D eigenvalue weighted by molar-refractivity contribution is 0.141. The van der Waals surface area contributed by atoms with Crippen LogP contribution in [0.15, 0.2) is 24.3 Å². The van der Waals surface area contributed by atoms with Crippen molar-refractivity contribution in [3.05, 3.63) is 29.8 Å². The minimum atomic E-state index is 0.174. The molecule has 0 saturated carbocycles. The van der Waals surface area contributed by atoms with E-state index >= 15 is 0 Å². The number of rotatable bonds is 5. The molecule has 0 N–H and O–H groups in total. The molecule has 90 valence electrons. The van der Waals surface area contributed by atoms with Crippen LogP contribution in [-0.2, 0) is 0 Å². The summed E-state index contributed by atoms with van der Waals surface area (Å²) in [5.74, 6) is 0.965. The third-order valence-corrected chi connectivity index (χ3v) is 2.36. The van der Waals surface area contributed by atoms with Crippen molar-refractivity contribution in [3.8, 4) is 5.75 Å². The Bertz CT molecular complexity index is 331. The quantitative estimate of drug-likeness (QED) is 0.758. The first-order chi connectivity index (χ1) is 7.39. The first-order valence-electron chi connectivity index (χ1n) is 5.73. The maximum absolute atomic E-state index is 5.83. The highest BCUT2D eigenvalue weighted by Gasteiger charge is 2.19. The Morgan fingerprint density at radius 2 is 1.94 bits per heavy atom. The van der Waals surface area contributed by atoms with E-state index in [0.29, 0.717) is 0 Å². The molecule has 0 radical (unpaired) electrons. The van der Waals surface area contributed by atoms with Crippen molar-refractivity contribution in [1.29, 1.82) is 0 Å². The van der Waals surface area contributed by atoms with Crippen molar-refractivity contribution in [2.45, 2.75) is 20.8 Å². The SMILES string of the molecule is Cc1cccc(OCC(C)(C)CN(C)C)c1. The lowest BCUT2D eigenvalue weighted by Gasteiger charge is -2.28. The van der Waals surface area contributed by atoms with Gasteiger partial charge in [-0.05, 0) is 38.7 Å². The third-order valence-electron chi connectivity index (χ3n) is 2.36. The number of ether oxygens (including phenoxy) is 1. The van der Waals surface area contributed by atoms with Crippen molar-refractivity contribution < 1.29 is 4.74 Å². The highest BCUT2D eigenvalue weighted by molar-refractivity contribution is 5.27. The van der Waals surface area contributed by atoms with E-state index in [0.717, 1.165) is 18.9 Å². The van der Waals surface area contributed by atoms with E-state index in [9.17, 15) is 0 Å². The van der Waals surface area contributed by atoms with Gasteiger partial charge in [-0.25, -0.2) is 0 Å². The van der Waals surface area contributed by atoms with Gasteiger partial charge in [0.15, 0.2) is 0 Å². The van der Waals surface area contributed by atoms with Crippen molar-refractivity contribution in [3.63, 3.8) is 0 Å². The van der Waals surface area contributed by atoms with Crippen LogP contribution in [0.3, 0.4) is 0 Å². The van der Waals surface area contributed by atoms with Crippen molar-refractivity contribution >= 4 is 0 Å². The van der Waals surface area contributed by atoms with Crippen LogP contribution < -0.4 is 4.74 Å². The Balaban J connectivity index is 2.50. The van der Waals surface area contributed by atoms with Crippen LogP contribution in [0.2, 0.25) is 0 Å². The van der Waals surface area contributed by atoms with Crippen LogP contribution in [0.1, 0.15) is 19.4 Å². The fraction of sp³-hybridized carbons (Fsp3) is 0.571. The molecule has 2 heteroatoms. The molecule has 0 aromatic heterocycles. The highest BCUT2D eigenvalue weighted by atomic mass is 16.5. The lowest BCUT2D eigenvalue weighted by atomic mass is 9.94. The van der Waals surface area contributed by atoms with Gasteiger partial charge in [0.25, 0.3) is 0 Å². The van der Waals surface area contributed by atoms with Crippen molar-refractivity contribution in [2.75, 3.05) is 27.2 Å². The Morgan fingerprint density at radius 3 is 2.50 bits per heavy atom. The summed E-state index contributed by atoms with van der Waals surface area (Å²) >= 11 is 0.